The van der Waals surface area contributed by atoms with Crippen LogP contribution in [0.15, 0.2) is 24.3 Å². The molecule has 1 fully saturated rings. The average molecular weight is 317 g/mol. The molecular weight excluding hydrogens is 302 g/mol. The van der Waals surface area contributed by atoms with Gasteiger partial charge in [0.25, 0.3) is 5.69 Å². The van der Waals surface area contributed by atoms with Gasteiger partial charge >= 0.3 is 5.97 Å². The fraction of sp³-hybridized carbons (Fsp3) is 0.500. The van der Waals surface area contributed by atoms with Crippen molar-refractivity contribution in [1.29, 1.82) is 0 Å². The largest absolute Gasteiger partial charge is 0.437 e. The van der Waals surface area contributed by atoms with Crippen LogP contribution in [0.3, 0.4) is 0 Å². The van der Waals surface area contributed by atoms with Crippen molar-refractivity contribution in [1.82, 2.24) is 0 Å². The van der Waals surface area contributed by atoms with Crippen LogP contribution in [0.4, 0.5) is 5.69 Å². The van der Waals surface area contributed by atoms with Crippen LogP contribution in [0.25, 0.3) is 0 Å². The molecule has 10 heteroatoms. The number of rotatable bonds is 4. The molecule has 0 spiro atoms. The number of nitro groups is 1. The van der Waals surface area contributed by atoms with E-state index in [0.717, 1.165) is 24.3 Å². The monoisotopic (exact) mass is 317 g/mol. The van der Waals surface area contributed by atoms with Crippen LogP contribution in [0.1, 0.15) is 0 Å². The van der Waals surface area contributed by atoms with E-state index < -0.39 is 41.9 Å². The van der Waals surface area contributed by atoms with Gasteiger partial charge in [-0.25, -0.2) is 0 Å². The average Bonchev–Trinajstić information content (AvgIpc) is 2.49. The fourth-order valence-electron chi connectivity index (χ4n) is 2.01. The summed E-state index contributed by atoms with van der Waals surface area (Å²) in [4.78, 5) is 9.91. The van der Waals surface area contributed by atoms with Crippen LogP contribution in [0, 0.1) is 10.1 Å². The molecule has 5 N–H and O–H groups in total. The van der Waals surface area contributed by atoms with Gasteiger partial charge in [-0.1, -0.05) is 0 Å². The Balaban J connectivity index is 2.20. The highest BCUT2D eigenvalue weighted by atomic mass is 16.8. The van der Waals surface area contributed by atoms with E-state index in [9.17, 15) is 30.5 Å². The summed E-state index contributed by atoms with van der Waals surface area (Å²) in [5.41, 5.74) is -0.215. The number of non-ortho nitro benzene ring substituents is 1. The molecule has 0 aromatic heterocycles. The van der Waals surface area contributed by atoms with Gasteiger partial charge in [-0.2, -0.15) is 0 Å². The first-order chi connectivity index (χ1) is 10.3. The minimum Gasteiger partial charge on any atom is -0.437 e. The molecule has 1 heterocycles. The Hall–Kier alpha value is -1.82. The molecule has 1 saturated heterocycles. The Kier molecular flexibility index (Phi) is 4.60. The molecule has 0 bridgehead atoms. The maximum absolute atomic E-state index is 10.5. The summed E-state index contributed by atoms with van der Waals surface area (Å²) in [6.45, 7) is -0.739. The van der Waals surface area contributed by atoms with Crippen molar-refractivity contribution in [3.63, 3.8) is 0 Å². The Bertz CT molecular complexity index is 534. The summed E-state index contributed by atoms with van der Waals surface area (Å²) < 4.78 is 9.91. The molecular formula is C12H15NO9. The predicted octanol–water partition coefficient (Wildman–Crippen LogP) is -1.91. The number of nitro benzene ring substituents is 1. The van der Waals surface area contributed by atoms with Gasteiger partial charge in [-0.3, -0.25) is 10.1 Å². The van der Waals surface area contributed by atoms with Crippen LogP contribution in [-0.4, -0.2) is 67.5 Å². The van der Waals surface area contributed by atoms with Gasteiger partial charge in [0.05, 0.1) is 11.5 Å². The number of nitrogens with zero attached hydrogens (tertiary/aromatic N) is 1. The third-order valence-electron chi connectivity index (χ3n) is 3.24. The number of hydrogen-bond donors (Lipinski definition) is 5. The van der Waals surface area contributed by atoms with Gasteiger partial charge in [0.15, 0.2) is 6.10 Å². The third kappa shape index (κ3) is 3.02. The Morgan fingerprint density at radius 3 is 2.32 bits per heavy atom. The van der Waals surface area contributed by atoms with Gasteiger partial charge in [-0.15, -0.1) is 0 Å². The molecule has 10 nitrogen and oxygen atoms in total. The van der Waals surface area contributed by atoms with Gasteiger partial charge in [0, 0.05) is 12.1 Å². The molecule has 122 valence electrons. The third-order valence-corrected chi connectivity index (χ3v) is 3.24. The highest BCUT2D eigenvalue weighted by Crippen LogP contribution is 2.31. The van der Waals surface area contributed by atoms with Crippen molar-refractivity contribution in [2.24, 2.45) is 0 Å². The summed E-state index contributed by atoms with van der Waals surface area (Å²) in [6, 6.07) is 4.50. The van der Waals surface area contributed by atoms with Crippen LogP contribution in [0.2, 0.25) is 0 Å². The maximum Gasteiger partial charge on any atom is 0.355 e. The van der Waals surface area contributed by atoms with E-state index in [0.29, 0.717) is 0 Å². The lowest BCUT2D eigenvalue weighted by atomic mass is 9.98. The molecule has 0 unspecified atom stereocenters. The second-order valence-electron chi connectivity index (χ2n) is 4.75. The normalized spacial score (nSPS) is 35.1. The number of ether oxygens (including phenoxy) is 2. The summed E-state index contributed by atoms with van der Waals surface area (Å²) in [6.07, 6.45) is -6.86. The number of hydrogen-bond acceptors (Lipinski definition) is 9. The zero-order valence-corrected chi connectivity index (χ0v) is 11.1. The lowest BCUT2D eigenvalue weighted by Crippen LogP contribution is -2.67. The highest BCUT2D eigenvalue weighted by molar-refractivity contribution is 5.36. The molecule has 22 heavy (non-hydrogen) atoms. The van der Waals surface area contributed by atoms with Crippen molar-refractivity contribution >= 4 is 5.69 Å². The molecule has 1 aliphatic heterocycles. The van der Waals surface area contributed by atoms with Gasteiger partial charge < -0.3 is 35.0 Å². The van der Waals surface area contributed by atoms with E-state index in [1.807, 2.05) is 0 Å². The van der Waals surface area contributed by atoms with Crippen LogP contribution in [-0.2, 0) is 4.74 Å². The van der Waals surface area contributed by atoms with Gasteiger partial charge in [-0.05, 0) is 12.1 Å². The minimum atomic E-state index is -2.73. The zero-order chi connectivity index (χ0) is 16.5. The molecule has 0 saturated carbocycles. The molecule has 1 aromatic rings. The molecule has 5 atom stereocenters. The molecule has 0 aliphatic carbocycles. The lowest BCUT2D eigenvalue weighted by molar-refractivity contribution is -0.422. The Morgan fingerprint density at radius 2 is 1.82 bits per heavy atom. The second-order valence-corrected chi connectivity index (χ2v) is 4.75. The van der Waals surface area contributed by atoms with E-state index in [4.69, 9.17) is 14.6 Å². The van der Waals surface area contributed by atoms with E-state index in [-0.39, 0.29) is 11.4 Å². The SMILES string of the molecule is O=[N+]([O-])c1ccc(O[C@@]2(O)O[C@H](CO)[C@H](O)[C@H](O)[C@H]2O)cc1. The summed E-state index contributed by atoms with van der Waals surface area (Å²) >= 11 is 0. The molecule has 1 aromatic carbocycles. The second kappa shape index (κ2) is 6.12. The maximum atomic E-state index is 10.5. The van der Waals surface area contributed by atoms with Crippen LogP contribution in [0.5, 0.6) is 5.75 Å². The van der Waals surface area contributed by atoms with Crippen molar-refractivity contribution in [3.8, 4) is 5.75 Å². The number of aliphatic hydroxyl groups is 5. The van der Waals surface area contributed by atoms with Gasteiger partial charge in [0.2, 0.25) is 0 Å². The van der Waals surface area contributed by atoms with Crippen LogP contribution < -0.4 is 4.74 Å². The standard InChI is InChI=1S/C12H15NO9/c14-5-8-9(15)10(16)11(17)12(18,22-8)21-7-3-1-6(2-4-7)13(19)20/h1-4,8-11,14-18H,5H2/t8-,9+,10+,11-,12-/m1/s1. The van der Waals surface area contributed by atoms with Crippen molar-refractivity contribution < 1.29 is 39.9 Å². The minimum absolute atomic E-state index is 0.0903. The topological polar surface area (TPSA) is 163 Å². The quantitative estimate of drug-likeness (QED) is 0.242. The van der Waals surface area contributed by atoms with Crippen molar-refractivity contribution in [2.45, 2.75) is 30.4 Å². The number of aliphatic hydroxyl groups excluding tert-OH is 4. The first kappa shape index (κ1) is 16.5. The summed E-state index contributed by atoms with van der Waals surface area (Å²) in [5.74, 6) is -2.82. The van der Waals surface area contributed by atoms with E-state index in [1.54, 1.807) is 0 Å². The first-order valence-electron chi connectivity index (χ1n) is 6.27. The molecule has 0 radical (unpaired) electrons. The highest BCUT2D eigenvalue weighted by Gasteiger charge is 2.55. The van der Waals surface area contributed by atoms with Crippen molar-refractivity contribution in [3.05, 3.63) is 34.4 Å². The molecule has 1 aliphatic rings. The van der Waals surface area contributed by atoms with Crippen LogP contribution >= 0.6 is 0 Å². The lowest BCUT2D eigenvalue weighted by Gasteiger charge is -2.44. The van der Waals surface area contributed by atoms with E-state index >= 15 is 0 Å². The zero-order valence-electron chi connectivity index (χ0n) is 11.1. The predicted molar refractivity (Wildman–Crippen MR) is 68.7 cm³/mol. The van der Waals surface area contributed by atoms with E-state index in [1.165, 1.54) is 0 Å². The summed E-state index contributed by atoms with van der Waals surface area (Å²) in [7, 11) is 0. The molecule has 2 rings (SSSR count). The Morgan fingerprint density at radius 1 is 1.23 bits per heavy atom. The number of benzene rings is 1. The Labute approximate surface area is 123 Å². The van der Waals surface area contributed by atoms with Crippen molar-refractivity contribution in [2.75, 3.05) is 6.61 Å². The molecule has 0 amide bonds. The summed E-state index contributed by atoms with van der Waals surface area (Å²) in [5, 5.41) is 58.7. The smallest absolute Gasteiger partial charge is 0.355 e. The van der Waals surface area contributed by atoms with E-state index in [2.05, 4.69) is 0 Å². The van der Waals surface area contributed by atoms with Gasteiger partial charge in [0.1, 0.15) is 24.1 Å². The first-order valence-corrected chi connectivity index (χ1v) is 6.27. The fourth-order valence-corrected chi connectivity index (χ4v) is 2.01.